The second kappa shape index (κ2) is 9.56. The van der Waals surface area contributed by atoms with Gasteiger partial charge in [0.25, 0.3) is 0 Å². The van der Waals surface area contributed by atoms with Gasteiger partial charge in [0.05, 0.1) is 22.8 Å². The Morgan fingerprint density at radius 1 is 1.12 bits per heavy atom. The fourth-order valence-corrected chi connectivity index (χ4v) is 6.07. The van der Waals surface area contributed by atoms with E-state index in [2.05, 4.69) is 33.0 Å². The Morgan fingerprint density at radius 3 is 2.74 bits per heavy atom. The average Bonchev–Trinajstić information content (AvgIpc) is 2.88. The third-order valence-electron chi connectivity index (χ3n) is 7.76. The number of anilines is 1. The molecule has 0 atom stereocenters. The summed E-state index contributed by atoms with van der Waals surface area (Å²) in [5.74, 6) is 0.117. The number of carbonyl (C=O) groups excluding carboxylic acids is 1. The molecule has 34 heavy (non-hydrogen) atoms. The van der Waals surface area contributed by atoms with Gasteiger partial charge in [-0.2, -0.15) is 5.26 Å². The molecule has 1 saturated carbocycles. The van der Waals surface area contributed by atoms with E-state index in [1.165, 1.54) is 17.5 Å². The van der Waals surface area contributed by atoms with Crippen LogP contribution in [0.2, 0.25) is 0 Å². The fourth-order valence-electron chi connectivity index (χ4n) is 6.07. The van der Waals surface area contributed by atoms with E-state index >= 15 is 0 Å². The van der Waals surface area contributed by atoms with E-state index in [0.717, 1.165) is 80.3 Å². The number of hydrogen-bond acceptors (Lipinski definition) is 4. The summed E-state index contributed by atoms with van der Waals surface area (Å²) in [7, 11) is 0. The van der Waals surface area contributed by atoms with Crippen LogP contribution in [-0.4, -0.2) is 34.4 Å². The third-order valence-corrected chi connectivity index (χ3v) is 7.76. The first-order valence-corrected chi connectivity index (χ1v) is 12.5. The van der Waals surface area contributed by atoms with Gasteiger partial charge in [-0.15, -0.1) is 0 Å². The van der Waals surface area contributed by atoms with Crippen molar-refractivity contribution in [3.8, 4) is 6.07 Å². The number of rotatable bonds is 5. The lowest BCUT2D eigenvalue weighted by Gasteiger charge is -2.47. The number of fused-ring (bicyclic) bond motifs is 2. The molecule has 2 heterocycles. The van der Waals surface area contributed by atoms with Crippen LogP contribution in [0, 0.1) is 11.3 Å². The zero-order valence-electron chi connectivity index (χ0n) is 20.0. The summed E-state index contributed by atoms with van der Waals surface area (Å²) in [4.78, 5) is 22.4. The van der Waals surface area contributed by atoms with Crippen LogP contribution in [0.15, 0.2) is 54.7 Å². The van der Waals surface area contributed by atoms with Gasteiger partial charge in [0.2, 0.25) is 5.91 Å². The highest BCUT2D eigenvalue weighted by atomic mass is 16.2. The number of nitrogens with zero attached hydrogens (tertiary/aromatic N) is 4. The molecule has 174 valence electrons. The Hall–Kier alpha value is -3.23. The van der Waals surface area contributed by atoms with Crippen molar-refractivity contribution in [2.24, 2.45) is 0 Å². The van der Waals surface area contributed by atoms with Crippen LogP contribution >= 0.6 is 0 Å². The van der Waals surface area contributed by atoms with Gasteiger partial charge in [0.1, 0.15) is 0 Å². The molecule has 0 N–H and O–H groups in total. The van der Waals surface area contributed by atoms with E-state index in [-0.39, 0.29) is 11.4 Å². The maximum absolute atomic E-state index is 13.2. The van der Waals surface area contributed by atoms with Crippen LogP contribution in [0.3, 0.4) is 0 Å². The lowest BCUT2D eigenvalue weighted by atomic mass is 9.77. The summed E-state index contributed by atoms with van der Waals surface area (Å²) in [5, 5.41) is 10.3. The lowest BCUT2D eigenvalue weighted by Crippen LogP contribution is -2.54. The number of aromatic nitrogens is 1. The summed E-state index contributed by atoms with van der Waals surface area (Å²) in [6.45, 7) is 4.59. The molecule has 1 fully saturated rings. The van der Waals surface area contributed by atoms with E-state index in [0.29, 0.717) is 0 Å². The van der Waals surface area contributed by atoms with E-state index in [9.17, 15) is 10.1 Å². The first kappa shape index (κ1) is 22.6. The van der Waals surface area contributed by atoms with E-state index in [1.807, 2.05) is 42.6 Å². The Bertz CT molecular complexity index is 1230. The smallest absolute Gasteiger partial charge is 0.224 e. The van der Waals surface area contributed by atoms with Gasteiger partial charge in [0.15, 0.2) is 0 Å². The Morgan fingerprint density at radius 2 is 1.94 bits per heavy atom. The largest absolute Gasteiger partial charge is 0.306 e. The van der Waals surface area contributed by atoms with Crippen LogP contribution in [-0.2, 0) is 17.8 Å². The highest BCUT2D eigenvalue weighted by Gasteiger charge is 2.41. The monoisotopic (exact) mass is 452 g/mol. The van der Waals surface area contributed by atoms with Gasteiger partial charge < -0.3 is 4.90 Å². The van der Waals surface area contributed by atoms with Crippen LogP contribution in [0.1, 0.15) is 62.1 Å². The van der Waals surface area contributed by atoms with Gasteiger partial charge >= 0.3 is 0 Å². The summed E-state index contributed by atoms with van der Waals surface area (Å²) >= 11 is 0. The average molecular weight is 453 g/mol. The number of carbonyl (C=O) groups is 1. The molecule has 5 nitrogen and oxygen atoms in total. The highest BCUT2D eigenvalue weighted by Crippen LogP contribution is 2.42. The standard InChI is InChI=1S/C29H32N4O/c1-22(34)33(28-11-16-31-27-8-4-3-7-26(27)28)29(13-5-2-6-14-29)15-18-32-17-12-24-19-23(20-30)9-10-25(24)21-32/h3-4,7-11,16,19H,2,5-6,12-15,17-18,21H2,1H3. The van der Waals surface area contributed by atoms with Crippen molar-refractivity contribution in [2.75, 3.05) is 18.0 Å². The normalized spacial score (nSPS) is 17.6. The Labute approximate surface area is 202 Å². The number of hydrogen-bond donors (Lipinski definition) is 0. The van der Waals surface area contributed by atoms with Crippen molar-refractivity contribution >= 4 is 22.5 Å². The number of amides is 1. The molecule has 0 saturated heterocycles. The zero-order chi connectivity index (χ0) is 23.5. The topological polar surface area (TPSA) is 60.2 Å². The minimum absolute atomic E-state index is 0.117. The molecule has 1 amide bonds. The van der Waals surface area contributed by atoms with Gasteiger partial charge in [-0.1, -0.05) is 43.5 Å². The molecule has 2 aromatic carbocycles. The minimum atomic E-state index is -0.168. The second-order valence-corrected chi connectivity index (χ2v) is 9.86. The van der Waals surface area contributed by atoms with Gasteiger partial charge in [-0.25, -0.2) is 0 Å². The quantitative estimate of drug-likeness (QED) is 0.505. The van der Waals surface area contributed by atoms with Gasteiger partial charge in [0, 0.05) is 43.7 Å². The molecule has 5 rings (SSSR count). The van der Waals surface area contributed by atoms with Crippen molar-refractivity contribution in [1.29, 1.82) is 5.26 Å². The van der Waals surface area contributed by atoms with Crippen LogP contribution in [0.4, 0.5) is 5.69 Å². The van der Waals surface area contributed by atoms with Gasteiger partial charge in [-0.05, 0) is 61.1 Å². The summed E-state index contributed by atoms with van der Waals surface area (Å²) in [6, 6.07) is 18.5. The van der Waals surface area contributed by atoms with Crippen molar-refractivity contribution in [3.63, 3.8) is 0 Å². The number of pyridine rings is 1. The van der Waals surface area contributed by atoms with E-state index in [4.69, 9.17) is 0 Å². The Kier molecular flexibility index (Phi) is 6.34. The fraction of sp³-hybridized carbons (Fsp3) is 0.414. The van der Waals surface area contributed by atoms with E-state index in [1.54, 1.807) is 6.92 Å². The number of nitriles is 1. The summed E-state index contributed by atoms with van der Waals surface area (Å²) in [6.07, 6.45) is 9.42. The molecule has 3 aromatic rings. The molecular formula is C29H32N4O. The number of para-hydroxylation sites is 1. The summed E-state index contributed by atoms with van der Waals surface area (Å²) < 4.78 is 0. The second-order valence-electron chi connectivity index (χ2n) is 9.86. The predicted molar refractivity (Wildman–Crippen MR) is 135 cm³/mol. The van der Waals surface area contributed by atoms with Crippen molar-refractivity contribution in [2.45, 2.75) is 64.0 Å². The molecule has 2 aliphatic rings. The highest BCUT2D eigenvalue weighted by molar-refractivity contribution is 6.02. The predicted octanol–water partition coefficient (Wildman–Crippen LogP) is 5.61. The Balaban J connectivity index is 1.43. The molecular weight excluding hydrogens is 420 g/mol. The molecule has 0 spiro atoms. The van der Waals surface area contributed by atoms with Crippen LogP contribution in [0.25, 0.3) is 10.9 Å². The first-order valence-electron chi connectivity index (χ1n) is 12.5. The van der Waals surface area contributed by atoms with Crippen LogP contribution < -0.4 is 4.90 Å². The number of benzene rings is 2. The molecule has 1 aliphatic heterocycles. The SMILES string of the molecule is CC(=O)N(c1ccnc2ccccc12)C1(CCN2CCc3cc(C#N)ccc3C2)CCCCC1. The third kappa shape index (κ3) is 4.31. The van der Waals surface area contributed by atoms with Crippen LogP contribution in [0.5, 0.6) is 0 Å². The van der Waals surface area contributed by atoms with Crippen molar-refractivity contribution in [3.05, 3.63) is 71.4 Å². The molecule has 0 bridgehead atoms. The molecule has 0 radical (unpaired) electrons. The maximum atomic E-state index is 13.2. The van der Waals surface area contributed by atoms with Crippen molar-refractivity contribution in [1.82, 2.24) is 9.88 Å². The van der Waals surface area contributed by atoms with Crippen molar-refractivity contribution < 1.29 is 4.79 Å². The molecule has 0 unspecified atom stereocenters. The molecule has 1 aliphatic carbocycles. The summed E-state index contributed by atoms with van der Waals surface area (Å²) in [5.41, 5.74) is 5.13. The molecule has 1 aromatic heterocycles. The van der Waals surface area contributed by atoms with E-state index < -0.39 is 0 Å². The van der Waals surface area contributed by atoms with Gasteiger partial charge in [-0.3, -0.25) is 14.7 Å². The zero-order valence-corrected chi connectivity index (χ0v) is 20.0. The first-order chi connectivity index (χ1) is 16.6. The lowest BCUT2D eigenvalue weighted by molar-refractivity contribution is -0.118. The minimum Gasteiger partial charge on any atom is -0.306 e. The molecule has 5 heteroatoms. The maximum Gasteiger partial charge on any atom is 0.224 e.